The van der Waals surface area contributed by atoms with E-state index < -0.39 is 0 Å². The Labute approximate surface area is 141 Å². The predicted molar refractivity (Wildman–Crippen MR) is 92.1 cm³/mol. The normalized spacial score (nSPS) is 11.2. The van der Waals surface area contributed by atoms with Crippen LogP contribution in [0.2, 0.25) is 0 Å². The number of nitrogens with zero attached hydrogens (tertiary/aromatic N) is 6. The number of aromatic nitrogens is 5. The first-order valence-electron chi connectivity index (χ1n) is 7.45. The van der Waals surface area contributed by atoms with Crippen molar-refractivity contribution in [3.63, 3.8) is 0 Å². The zero-order valence-electron chi connectivity index (χ0n) is 12.9. The van der Waals surface area contributed by atoms with Gasteiger partial charge < -0.3 is 0 Å². The van der Waals surface area contributed by atoms with Crippen LogP contribution in [0, 0.1) is 5.82 Å². The molecule has 0 radical (unpaired) electrons. The van der Waals surface area contributed by atoms with Gasteiger partial charge in [-0.2, -0.15) is 10.2 Å². The van der Waals surface area contributed by atoms with Crippen LogP contribution in [0.3, 0.4) is 0 Å². The molecular formula is C17H12FN7. The lowest BCUT2D eigenvalue weighted by atomic mass is 10.3. The largest absolute Gasteiger partial charge is 0.265 e. The van der Waals surface area contributed by atoms with Gasteiger partial charge in [0.1, 0.15) is 12.1 Å². The minimum atomic E-state index is -0.337. The third-order valence-corrected chi connectivity index (χ3v) is 3.51. The van der Waals surface area contributed by atoms with E-state index >= 15 is 0 Å². The summed E-state index contributed by atoms with van der Waals surface area (Å²) < 4.78 is 15.0. The van der Waals surface area contributed by atoms with E-state index in [0.29, 0.717) is 22.5 Å². The van der Waals surface area contributed by atoms with Crippen LogP contribution in [0.4, 0.5) is 10.2 Å². The van der Waals surface area contributed by atoms with Crippen molar-refractivity contribution in [2.75, 3.05) is 5.43 Å². The van der Waals surface area contributed by atoms with E-state index in [1.54, 1.807) is 41.6 Å². The molecule has 0 atom stereocenters. The van der Waals surface area contributed by atoms with Crippen molar-refractivity contribution >= 4 is 23.1 Å². The summed E-state index contributed by atoms with van der Waals surface area (Å²) in [6.45, 7) is 0. The van der Waals surface area contributed by atoms with Crippen LogP contribution in [0.25, 0.3) is 16.7 Å². The summed E-state index contributed by atoms with van der Waals surface area (Å²) in [7, 11) is 0. The average Bonchev–Trinajstić information content (AvgIpc) is 3.08. The van der Waals surface area contributed by atoms with Gasteiger partial charge in [-0.05, 0) is 35.9 Å². The SMILES string of the molecule is Fc1cccc(-n2ncc3c(N/N=C/c4ccncc4)ncnc32)c1. The van der Waals surface area contributed by atoms with Gasteiger partial charge in [0.2, 0.25) is 0 Å². The summed E-state index contributed by atoms with van der Waals surface area (Å²) in [6.07, 6.45) is 8.06. The van der Waals surface area contributed by atoms with E-state index in [1.165, 1.54) is 18.5 Å². The first-order chi connectivity index (χ1) is 12.3. The van der Waals surface area contributed by atoms with Crippen molar-refractivity contribution < 1.29 is 4.39 Å². The molecule has 7 nitrogen and oxygen atoms in total. The Morgan fingerprint density at radius 1 is 1.12 bits per heavy atom. The lowest BCUT2D eigenvalue weighted by molar-refractivity contribution is 0.625. The van der Waals surface area contributed by atoms with Gasteiger partial charge in [0.15, 0.2) is 11.5 Å². The van der Waals surface area contributed by atoms with Gasteiger partial charge in [0, 0.05) is 12.4 Å². The summed E-state index contributed by atoms with van der Waals surface area (Å²) in [4.78, 5) is 12.4. The van der Waals surface area contributed by atoms with Crippen molar-refractivity contribution in [3.05, 3.63) is 72.7 Å². The molecule has 0 aliphatic heterocycles. The molecule has 0 aliphatic rings. The van der Waals surface area contributed by atoms with Crippen molar-refractivity contribution in [1.29, 1.82) is 0 Å². The molecule has 0 aliphatic carbocycles. The van der Waals surface area contributed by atoms with E-state index in [-0.39, 0.29) is 5.82 Å². The number of hydrazone groups is 1. The highest BCUT2D eigenvalue weighted by molar-refractivity contribution is 5.88. The molecule has 0 spiro atoms. The Hall–Kier alpha value is -3.68. The molecule has 3 heterocycles. The van der Waals surface area contributed by atoms with E-state index in [1.807, 2.05) is 12.1 Å². The molecule has 1 N–H and O–H groups in total. The molecule has 122 valence electrons. The minimum absolute atomic E-state index is 0.337. The Kier molecular flexibility index (Phi) is 3.83. The van der Waals surface area contributed by atoms with Gasteiger partial charge >= 0.3 is 0 Å². The fraction of sp³-hybridized carbons (Fsp3) is 0. The molecule has 3 aromatic heterocycles. The van der Waals surface area contributed by atoms with Crippen LogP contribution in [0.15, 0.2) is 66.4 Å². The summed E-state index contributed by atoms with van der Waals surface area (Å²) in [5.41, 5.74) is 4.93. The van der Waals surface area contributed by atoms with Gasteiger partial charge in [-0.3, -0.25) is 10.4 Å². The zero-order chi connectivity index (χ0) is 17.1. The van der Waals surface area contributed by atoms with Gasteiger partial charge in [0.25, 0.3) is 0 Å². The Morgan fingerprint density at radius 3 is 2.84 bits per heavy atom. The number of hydrogen-bond acceptors (Lipinski definition) is 6. The number of pyridine rings is 1. The van der Waals surface area contributed by atoms with E-state index in [9.17, 15) is 4.39 Å². The van der Waals surface area contributed by atoms with Crippen molar-refractivity contribution in [1.82, 2.24) is 24.7 Å². The predicted octanol–water partition coefficient (Wildman–Crippen LogP) is 2.80. The Morgan fingerprint density at radius 2 is 2.00 bits per heavy atom. The number of anilines is 1. The third kappa shape index (κ3) is 3.05. The number of nitrogens with one attached hydrogen (secondary N) is 1. The molecule has 1 aromatic carbocycles. The van der Waals surface area contributed by atoms with Crippen LogP contribution < -0.4 is 5.43 Å². The number of benzene rings is 1. The van der Waals surface area contributed by atoms with Crippen LogP contribution in [0.5, 0.6) is 0 Å². The monoisotopic (exact) mass is 333 g/mol. The fourth-order valence-electron chi connectivity index (χ4n) is 2.35. The lowest BCUT2D eigenvalue weighted by Crippen LogP contribution is -2.00. The highest BCUT2D eigenvalue weighted by Gasteiger charge is 2.11. The number of rotatable bonds is 4. The topological polar surface area (TPSA) is 80.9 Å². The summed E-state index contributed by atoms with van der Waals surface area (Å²) in [5.74, 6) is 0.175. The first kappa shape index (κ1) is 14.9. The standard InChI is InChI=1S/C17H12FN7/c18-13-2-1-3-14(8-13)25-17-15(10-23-25)16(20-11-21-17)24-22-9-12-4-6-19-7-5-12/h1-11H,(H,20,21,24)/b22-9+. The minimum Gasteiger partial charge on any atom is -0.265 e. The van der Waals surface area contributed by atoms with Gasteiger partial charge in [0.05, 0.1) is 23.5 Å². The van der Waals surface area contributed by atoms with Gasteiger partial charge in [-0.25, -0.2) is 19.0 Å². The fourth-order valence-corrected chi connectivity index (χ4v) is 2.35. The second-order valence-electron chi connectivity index (χ2n) is 5.15. The molecule has 8 heteroatoms. The van der Waals surface area contributed by atoms with Crippen LogP contribution in [-0.2, 0) is 0 Å². The van der Waals surface area contributed by atoms with Crippen LogP contribution in [0.1, 0.15) is 5.56 Å². The van der Waals surface area contributed by atoms with Crippen molar-refractivity contribution in [2.45, 2.75) is 0 Å². The summed E-state index contributed by atoms with van der Waals surface area (Å²) in [5, 5.41) is 9.13. The first-order valence-corrected chi connectivity index (χ1v) is 7.45. The highest BCUT2D eigenvalue weighted by atomic mass is 19.1. The molecule has 0 unspecified atom stereocenters. The molecule has 4 aromatic rings. The maximum atomic E-state index is 13.5. The lowest BCUT2D eigenvalue weighted by Gasteiger charge is -2.04. The molecule has 0 bridgehead atoms. The highest BCUT2D eigenvalue weighted by Crippen LogP contribution is 2.21. The quantitative estimate of drug-likeness (QED) is 0.459. The molecule has 0 amide bonds. The molecule has 25 heavy (non-hydrogen) atoms. The Bertz CT molecular complexity index is 1040. The smallest absolute Gasteiger partial charge is 0.168 e. The second kappa shape index (κ2) is 6.44. The van der Waals surface area contributed by atoms with Crippen LogP contribution in [-0.4, -0.2) is 30.9 Å². The Balaban J connectivity index is 1.66. The average molecular weight is 333 g/mol. The molecule has 0 saturated heterocycles. The summed E-state index contributed by atoms with van der Waals surface area (Å²) in [6, 6.07) is 9.82. The third-order valence-electron chi connectivity index (χ3n) is 3.51. The number of fused-ring (bicyclic) bond motifs is 1. The van der Waals surface area contributed by atoms with E-state index in [4.69, 9.17) is 0 Å². The van der Waals surface area contributed by atoms with Crippen LogP contribution >= 0.6 is 0 Å². The van der Waals surface area contributed by atoms with E-state index in [0.717, 1.165) is 5.56 Å². The van der Waals surface area contributed by atoms with Crippen molar-refractivity contribution in [3.8, 4) is 5.69 Å². The van der Waals surface area contributed by atoms with Gasteiger partial charge in [-0.15, -0.1) is 0 Å². The van der Waals surface area contributed by atoms with E-state index in [2.05, 4.69) is 30.6 Å². The van der Waals surface area contributed by atoms with Gasteiger partial charge in [-0.1, -0.05) is 6.07 Å². The molecule has 0 saturated carbocycles. The second-order valence-corrected chi connectivity index (χ2v) is 5.15. The summed E-state index contributed by atoms with van der Waals surface area (Å²) >= 11 is 0. The number of hydrogen-bond donors (Lipinski definition) is 1. The molecule has 4 rings (SSSR count). The maximum absolute atomic E-state index is 13.5. The van der Waals surface area contributed by atoms with Crippen molar-refractivity contribution in [2.24, 2.45) is 5.10 Å². The maximum Gasteiger partial charge on any atom is 0.168 e. The zero-order valence-corrected chi connectivity index (χ0v) is 12.9. The number of halogens is 1. The molecular weight excluding hydrogens is 321 g/mol. The molecule has 0 fully saturated rings.